The van der Waals surface area contributed by atoms with E-state index in [1.165, 1.54) is 114 Å². The summed E-state index contributed by atoms with van der Waals surface area (Å²) in [5.74, 6) is 3.06. The van der Waals surface area contributed by atoms with Gasteiger partial charge in [0.1, 0.15) is 0 Å². The van der Waals surface area contributed by atoms with Crippen molar-refractivity contribution >= 4 is 5.69 Å². The molecule has 0 aromatic heterocycles. The molecule has 0 radical (unpaired) electrons. The van der Waals surface area contributed by atoms with Crippen LogP contribution < -0.4 is 4.90 Å². The van der Waals surface area contributed by atoms with Crippen LogP contribution in [0.1, 0.15) is 132 Å². The van der Waals surface area contributed by atoms with Gasteiger partial charge in [-0.2, -0.15) is 0 Å². The molecule has 1 aromatic carbocycles. The first-order valence-corrected chi connectivity index (χ1v) is 21.0. The number of allylic oxidation sites excluding steroid dienone is 12. The van der Waals surface area contributed by atoms with Crippen LogP contribution in [0, 0.1) is 17.8 Å². The minimum absolute atomic E-state index is 0.480. The molecule has 2 heteroatoms. The Labute approximate surface area is 302 Å². The number of likely N-dealkylation sites (tertiary alicyclic amines) is 1. The van der Waals surface area contributed by atoms with E-state index in [0.29, 0.717) is 41.8 Å². The lowest BCUT2D eigenvalue weighted by atomic mass is 9.74. The molecule has 3 fully saturated rings. The lowest BCUT2D eigenvalue weighted by Crippen LogP contribution is -2.46. The lowest BCUT2D eigenvalue weighted by molar-refractivity contribution is 0.101. The van der Waals surface area contributed by atoms with Crippen LogP contribution in [0.2, 0.25) is 0 Å². The third kappa shape index (κ3) is 5.55. The summed E-state index contributed by atoms with van der Waals surface area (Å²) in [6.07, 6.45) is 52.7. The number of nitrogens with zero attached hydrogens (tertiary/aromatic N) is 2. The van der Waals surface area contributed by atoms with Gasteiger partial charge in [-0.05, 0) is 117 Å². The molecule has 0 amide bonds. The highest BCUT2D eigenvalue weighted by Gasteiger charge is 2.50. The molecule has 2 heterocycles. The molecule has 10 rings (SSSR count). The van der Waals surface area contributed by atoms with Gasteiger partial charge in [-0.25, -0.2) is 0 Å². The number of anilines is 1. The highest BCUT2D eigenvalue weighted by Crippen LogP contribution is 2.54. The van der Waals surface area contributed by atoms with Gasteiger partial charge in [0, 0.05) is 59.2 Å². The topological polar surface area (TPSA) is 6.48 Å². The Hall–Kier alpha value is -3.10. The monoisotopic (exact) mass is 662 g/mol. The smallest absolute Gasteiger partial charge is 0.0450 e. The average molecular weight is 663 g/mol. The zero-order valence-corrected chi connectivity index (χ0v) is 30.3. The van der Waals surface area contributed by atoms with Crippen molar-refractivity contribution in [3.63, 3.8) is 0 Å². The van der Waals surface area contributed by atoms with Crippen LogP contribution in [-0.2, 0) is 0 Å². The second kappa shape index (κ2) is 13.5. The summed E-state index contributed by atoms with van der Waals surface area (Å²) in [5, 5.41) is 0. The molecule has 0 bridgehead atoms. The molecular formula is C48H58N2. The summed E-state index contributed by atoms with van der Waals surface area (Å²) in [7, 11) is 0. The highest BCUT2D eigenvalue weighted by molar-refractivity contribution is 5.70. The van der Waals surface area contributed by atoms with Gasteiger partial charge >= 0.3 is 0 Å². The summed E-state index contributed by atoms with van der Waals surface area (Å²) in [5.41, 5.74) is 11.3. The molecule has 50 heavy (non-hydrogen) atoms. The second-order valence-corrected chi connectivity index (χ2v) is 17.3. The maximum absolute atomic E-state index is 3.03. The van der Waals surface area contributed by atoms with E-state index < -0.39 is 0 Å². The standard InChI is InChI=1S/C48H58N2/c1-4-13-33(14-5-1)35-17-12-20-40(29-35)50-47-26-23-36(34-15-6-2-7-16-34)30-43(47)44-32-38(25-28-48(44)50)37-24-27-46-42(31-37)41-21-10-11-22-45(41)49(46)39-18-8-3-9-19-39/h2,6-7,10-11,15,17,21-23,26,29-34,39,41-42,44-46,48H,1,3-5,8-9,12-14,16,18-20,24-25,27-28H2. The molecule has 9 aliphatic rings. The van der Waals surface area contributed by atoms with Gasteiger partial charge in [0.15, 0.2) is 0 Å². The maximum Gasteiger partial charge on any atom is 0.0450 e. The first-order chi connectivity index (χ1) is 24.8. The van der Waals surface area contributed by atoms with Crippen molar-refractivity contribution in [2.45, 2.75) is 145 Å². The van der Waals surface area contributed by atoms with Crippen molar-refractivity contribution < 1.29 is 0 Å². The zero-order valence-electron chi connectivity index (χ0n) is 30.3. The Morgan fingerprint density at radius 1 is 0.660 bits per heavy atom. The molecule has 1 saturated heterocycles. The lowest BCUT2D eigenvalue weighted by Gasteiger charge is -2.41. The van der Waals surface area contributed by atoms with Crippen molar-refractivity contribution in [3.05, 3.63) is 125 Å². The van der Waals surface area contributed by atoms with Crippen LogP contribution in [0.15, 0.2) is 114 Å². The van der Waals surface area contributed by atoms with Gasteiger partial charge in [-0.1, -0.05) is 117 Å². The van der Waals surface area contributed by atoms with Crippen LogP contribution in [0.3, 0.4) is 0 Å². The maximum atomic E-state index is 3.03. The molecule has 0 N–H and O–H groups in total. The first-order valence-electron chi connectivity index (χ1n) is 21.0. The minimum Gasteiger partial charge on any atom is -0.341 e. The fourth-order valence-electron chi connectivity index (χ4n) is 12.3. The number of hydrogen-bond donors (Lipinski definition) is 0. The summed E-state index contributed by atoms with van der Waals surface area (Å²) in [6, 6.07) is 10.3. The summed E-state index contributed by atoms with van der Waals surface area (Å²) in [6.45, 7) is 0. The summed E-state index contributed by atoms with van der Waals surface area (Å²) < 4.78 is 0. The Balaban J connectivity index is 0.988. The third-order valence-electron chi connectivity index (χ3n) is 14.7. The van der Waals surface area contributed by atoms with E-state index in [0.717, 1.165) is 18.4 Å². The predicted molar refractivity (Wildman–Crippen MR) is 209 cm³/mol. The van der Waals surface area contributed by atoms with Crippen molar-refractivity contribution in [1.29, 1.82) is 0 Å². The number of rotatable bonds is 5. The molecule has 7 aliphatic carbocycles. The molecule has 2 nitrogen and oxygen atoms in total. The predicted octanol–water partition coefficient (Wildman–Crippen LogP) is 11.9. The van der Waals surface area contributed by atoms with Crippen molar-refractivity contribution in [1.82, 2.24) is 4.90 Å². The summed E-state index contributed by atoms with van der Waals surface area (Å²) >= 11 is 0. The van der Waals surface area contributed by atoms with E-state index >= 15 is 0 Å². The van der Waals surface area contributed by atoms with E-state index in [9.17, 15) is 0 Å². The van der Waals surface area contributed by atoms with Gasteiger partial charge in [0.2, 0.25) is 0 Å². The molecule has 260 valence electrons. The largest absolute Gasteiger partial charge is 0.341 e. The van der Waals surface area contributed by atoms with Crippen LogP contribution in [0.4, 0.5) is 5.69 Å². The van der Waals surface area contributed by atoms with E-state index in [1.807, 2.05) is 0 Å². The fraction of sp³-hybridized carbons (Fsp3) is 0.542. The number of hydrogen-bond acceptors (Lipinski definition) is 2. The van der Waals surface area contributed by atoms with E-state index in [-0.39, 0.29) is 0 Å². The average Bonchev–Trinajstić information content (AvgIpc) is 3.71. The van der Waals surface area contributed by atoms with Gasteiger partial charge < -0.3 is 4.90 Å². The molecule has 0 spiro atoms. The fourth-order valence-corrected chi connectivity index (χ4v) is 12.3. The molecule has 1 aromatic rings. The van der Waals surface area contributed by atoms with Gasteiger partial charge in [0.05, 0.1) is 0 Å². The minimum atomic E-state index is 0.480. The van der Waals surface area contributed by atoms with Gasteiger partial charge in [-0.15, -0.1) is 0 Å². The van der Waals surface area contributed by atoms with Crippen molar-refractivity contribution in [2.75, 3.05) is 4.90 Å². The summed E-state index contributed by atoms with van der Waals surface area (Å²) in [4.78, 5) is 5.89. The van der Waals surface area contributed by atoms with Gasteiger partial charge in [-0.3, -0.25) is 4.90 Å². The normalized spacial score (nSPS) is 35.5. The van der Waals surface area contributed by atoms with E-state index in [2.05, 4.69) is 101 Å². The quantitative estimate of drug-likeness (QED) is 0.310. The molecule has 7 atom stereocenters. The van der Waals surface area contributed by atoms with Crippen LogP contribution in [-0.4, -0.2) is 29.1 Å². The van der Waals surface area contributed by atoms with E-state index in [4.69, 9.17) is 0 Å². The molecule has 2 aliphatic heterocycles. The number of fused-ring (bicyclic) bond motifs is 6. The molecular weight excluding hydrogens is 605 g/mol. The van der Waals surface area contributed by atoms with Crippen molar-refractivity contribution in [3.8, 4) is 0 Å². The SMILES string of the molecule is C1=CCC(c2ccc3c(c2)C2C=C(C4=CC5C6C=CC=CC6N(C6CCCCC6)C5CC4)CCC2N3C2=CC(C3CCCCC3)=CCC2)C=C1. The Kier molecular flexibility index (Phi) is 8.52. The van der Waals surface area contributed by atoms with E-state index in [1.54, 1.807) is 28.0 Å². The Morgan fingerprint density at radius 3 is 2.28 bits per heavy atom. The van der Waals surface area contributed by atoms with Crippen LogP contribution in [0.5, 0.6) is 0 Å². The number of benzene rings is 1. The van der Waals surface area contributed by atoms with Gasteiger partial charge in [0.25, 0.3) is 0 Å². The van der Waals surface area contributed by atoms with Crippen molar-refractivity contribution in [2.24, 2.45) is 17.8 Å². The molecule has 7 unspecified atom stereocenters. The third-order valence-corrected chi connectivity index (χ3v) is 14.7. The zero-order chi connectivity index (χ0) is 33.0. The second-order valence-electron chi connectivity index (χ2n) is 17.3. The highest BCUT2D eigenvalue weighted by atomic mass is 15.3. The Morgan fingerprint density at radius 2 is 1.44 bits per heavy atom. The molecule has 2 saturated carbocycles. The Bertz CT molecular complexity index is 1710. The van der Waals surface area contributed by atoms with Crippen LogP contribution in [0.25, 0.3) is 0 Å². The first kappa shape index (κ1) is 31.6. The van der Waals surface area contributed by atoms with Crippen LogP contribution >= 0.6 is 0 Å².